The molecule has 0 radical (unpaired) electrons. The van der Waals surface area contributed by atoms with Crippen LogP contribution < -0.4 is 5.32 Å². The third-order valence-corrected chi connectivity index (χ3v) is 2.44. The minimum Gasteiger partial charge on any atom is -0.480 e. The van der Waals surface area contributed by atoms with Crippen LogP contribution in [0.2, 0.25) is 0 Å². The maximum Gasteiger partial charge on any atom is 0.329 e. The van der Waals surface area contributed by atoms with E-state index in [1.165, 1.54) is 11.8 Å². The summed E-state index contributed by atoms with van der Waals surface area (Å²) in [5.74, 6) is -1.49. The Morgan fingerprint density at radius 3 is 2.47 bits per heavy atom. The van der Waals surface area contributed by atoms with Crippen molar-refractivity contribution in [3.63, 3.8) is 0 Å². The highest BCUT2D eigenvalue weighted by Crippen LogP contribution is 2.24. The zero-order chi connectivity index (χ0) is 13.1. The van der Waals surface area contributed by atoms with Crippen LogP contribution in [0, 0.1) is 0 Å². The number of aliphatic carboxylic acids is 1. The van der Waals surface area contributed by atoms with Gasteiger partial charge in [-0.2, -0.15) is 0 Å². The van der Waals surface area contributed by atoms with E-state index >= 15 is 0 Å². The standard InChI is InChI=1S/C10H16N2O5/c1-7(13)11-3-8(14)12-5-10(2,6-12)17-4-9(15)16/h3-6H2,1-2H3,(H,11,13)(H,15,16). The molecule has 96 valence electrons. The number of likely N-dealkylation sites (tertiary alicyclic amines) is 1. The van der Waals surface area contributed by atoms with Crippen LogP contribution >= 0.6 is 0 Å². The quantitative estimate of drug-likeness (QED) is 0.635. The molecule has 0 saturated carbocycles. The molecule has 17 heavy (non-hydrogen) atoms. The van der Waals surface area contributed by atoms with E-state index < -0.39 is 11.6 Å². The van der Waals surface area contributed by atoms with E-state index in [0.717, 1.165) is 0 Å². The number of carboxylic acids is 1. The van der Waals surface area contributed by atoms with Gasteiger partial charge in [-0.1, -0.05) is 0 Å². The van der Waals surface area contributed by atoms with Gasteiger partial charge in [-0.25, -0.2) is 4.79 Å². The van der Waals surface area contributed by atoms with Crippen molar-refractivity contribution in [2.75, 3.05) is 26.2 Å². The van der Waals surface area contributed by atoms with Gasteiger partial charge in [0.15, 0.2) is 0 Å². The Bertz CT molecular complexity index is 336. The topological polar surface area (TPSA) is 95.9 Å². The lowest BCUT2D eigenvalue weighted by atomic mass is 9.96. The molecule has 1 fully saturated rings. The number of carbonyl (C=O) groups is 3. The number of amides is 2. The molecule has 1 aliphatic rings. The SMILES string of the molecule is CC(=O)NCC(=O)N1CC(C)(OCC(=O)O)C1. The summed E-state index contributed by atoms with van der Waals surface area (Å²) < 4.78 is 5.15. The van der Waals surface area contributed by atoms with Crippen molar-refractivity contribution in [1.29, 1.82) is 0 Å². The minimum atomic E-state index is -1.03. The van der Waals surface area contributed by atoms with Crippen molar-refractivity contribution < 1.29 is 24.2 Å². The average molecular weight is 244 g/mol. The molecule has 0 aromatic carbocycles. The lowest BCUT2D eigenvalue weighted by molar-refractivity contribution is -0.173. The molecular weight excluding hydrogens is 228 g/mol. The number of nitrogens with zero attached hydrogens (tertiary/aromatic N) is 1. The summed E-state index contributed by atoms with van der Waals surface area (Å²) >= 11 is 0. The third kappa shape index (κ3) is 4.03. The molecule has 1 saturated heterocycles. The fraction of sp³-hybridized carbons (Fsp3) is 0.700. The number of carbonyl (C=O) groups excluding carboxylic acids is 2. The third-order valence-electron chi connectivity index (χ3n) is 2.44. The zero-order valence-corrected chi connectivity index (χ0v) is 9.86. The molecule has 1 heterocycles. The smallest absolute Gasteiger partial charge is 0.329 e. The summed E-state index contributed by atoms with van der Waals surface area (Å²) in [6, 6.07) is 0. The van der Waals surface area contributed by atoms with Crippen molar-refractivity contribution >= 4 is 17.8 Å². The first-order chi connectivity index (χ1) is 7.82. The van der Waals surface area contributed by atoms with Gasteiger partial charge in [0.25, 0.3) is 0 Å². The van der Waals surface area contributed by atoms with Gasteiger partial charge in [-0.05, 0) is 6.92 Å². The predicted octanol–water partition coefficient (Wildman–Crippen LogP) is -1.18. The van der Waals surface area contributed by atoms with Gasteiger partial charge in [0.2, 0.25) is 11.8 Å². The molecule has 0 atom stereocenters. The Kier molecular flexibility index (Phi) is 4.06. The number of carboxylic acid groups (broad SMARTS) is 1. The summed E-state index contributed by atoms with van der Waals surface area (Å²) in [5.41, 5.74) is -0.593. The fourth-order valence-electron chi connectivity index (χ4n) is 1.58. The highest BCUT2D eigenvalue weighted by Gasteiger charge is 2.42. The molecule has 7 nitrogen and oxygen atoms in total. The van der Waals surface area contributed by atoms with Crippen LogP contribution in [-0.4, -0.2) is 59.6 Å². The second kappa shape index (κ2) is 5.13. The van der Waals surface area contributed by atoms with E-state index in [4.69, 9.17) is 9.84 Å². The molecule has 7 heteroatoms. The number of hydrogen-bond acceptors (Lipinski definition) is 4. The van der Waals surface area contributed by atoms with Gasteiger partial charge in [0.1, 0.15) is 12.2 Å². The van der Waals surface area contributed by atoms with E-state index in [1.807, 2.05) is 0 Å². The zero-order valence-electron chi connectivity index (χ0n) is 9.86. The molecule has 0 aromatic heterocycles. The summed E-state index contributed by atoms with van der Waals surface area (Å²) in [5, 5.41) is 10.9. The maximum absolute atomic E-state index is 11.5. The molecule has 0 aliphatic carbocycles. The second-order valence-corrected chi connectivity index (χ2v) is 4.29. The monoisotopic (exact) mass is 244 g/mol. The number of rotatable bonds is 5. The van der Waals surface area contributed by atoms with Crippen LogP contribution in [0.5, 0.6) is 0 Å². The van der Waals surface area contributed by atoms with Crippen LogP contribution in [0.25, 0.3) is 0 Å². The summed E-state index contributed by atoms with van der Waals surface area (Å²) in [4.78, 5) is 33.9. The Balaban J connectivity index is 2.27. The largest absolute Gasteiger partial charge is 0.480 e. The van der Waals surface area contributed by atoms with Crippen molar-refractivity contribution in [3.8, 4) is 0 Å². The van der Waals surface area contributed by atoms with Crippen LogP contribution in [0.3, 0.4) is 0 Å². The van der Waals surface area contributed by atoms with E-state index in [9.17, 15) is 14.4 Å². The molecule has 0 aromatic rings. The predicted molar refractivity (Wildman–Crippen MR) is 57.3 cm³/mol. The highest BCUT2D eigenvalue weighted by molar-refractivity contribution is 5.84. The second-order valence-electron chi connectivity index (χ2n) is 4.29. The number of hydrogen-bond donors (Lipinski definition) is 2. The molecule has 2 N–H and O–H groups in total. The molecule has 0 bridgehead atoms. The summed E-state index contributed by atoms with van der Waals surface area (Å²) in [6.07, 6.45) is 0. The lowest BCUT2D eigenvalue weighted by Crippen LogP contribution is -2.64. The van der Waals surface area contributed by atoms with Crippen LogP contribution in [0.15, 0.2) is 0 Å². The van der Waals surface area contributed by atoms with Gasteiger partial charge in [-0.15, -0.1) is 0 Å². The van der Waals surface area contributed by atoms with Crippen molar-refractivity contribution in [1.82, 2.24) is 10.2 Å². The van der Waals surface area contributed by atoms with Gasteiger partial charge in [0.05, 0.1) is 19.6 Å². The van der Waals surface area contributed by atoms with Gasteiger partial charge in [0, 0.05) is 6.92 Å². The van der Waals surface area contributed by atoms with Gasteiger partial charge in [-0.3, -0.25) is 9.59 Å². The summed E-state index contributed by atoms with van der Waals surface area (Å²) in [6.45, 7) is 3.37. The molecule has 1 rings (SSSR count). The van der Waals surface area contributed by atoms with Crippen LogP contribution in [-0.2, 0) is 19.1 Å². The first-order valence-electron chi connectivity index (χ1n) is 5.20. The van der Waals surface area contributed by atoms with Crippen molar-refractivity contribution in [3.05, 3.63) is 0 Å². The first kappa shape index (κ1) is 13.4. The van der Waals surface area contributed by atoms with Gasteiger partial charge >= 0.3 is 5.97 Å². The van der Waals surface area contributed by atoms with Crippen molar-refractivity contribution in [2.24, 2.45) is 0 Å². The molecular formula is C10H16N2O5. The van der Waals surface area contributed by atoms with Crippen LogP contribution in [0.1, 0.15) is 13.8 Å². The lowest BCUT2D eigenvalue weighted by Gasteiger charge is -2.47. The summed E-state index contributed by atoms with van der Waals surface area (Å²) in [7, 11) is 0. The Morgan fingerprint density at radius 2 is 2.00 bits per heavy atom. The van der Waals surface area contributed by atoms with E-state index in [1.54, 1.807) is 6.92 Å². The van der Waals surface area contributed by atoms with Gasteiger partial charge < -0.3 is 20.1 Å². The highest BCUT2D eigenvalue weighted by atomic mass is 16.5. The Morgan fingerprint density at radius 1 is 1.41 bits per heavy atom. The minimum absolute atomic E-state index is 0.0374. The Hall–Kier alpha value is -1.63. The fourth-order valence-corrected chi connectivity index (χ4v) is 1.58. The van der Waals surface area contributed by atoms with Crippen LogP contribution in [0.4, 0.5) is 0 Å². The molecule has 0 unspecified atom stereocenters. The molecule has 1 aliphatic heterocycles. The maximum atomic E-state index is 11.5. The molecule has 0 spiro atoms. The van der Waals surface area contributed by atoms with E-state index in [2.05, 4.69) is 5.32 Å². The van der Waals surface area contributed by atoms with E-state index in [-0.39, 0.29) is 25.0 Å². The molecule has 2 amide bonds. The normalized spacial score (nSPS) is 17.2. The first-order valence-corrected chi connectivity index (χ1v) is 5.20. The van der Waals surface area contributed by atoms with E-state index in [0.29, 0.717) is 13.1 Å². The average Bonchev–Trinajstić information content (AvgIpc) is 2.19. The number of ether oxygens (including phenoxy) is 1. The number of nitrogens with one attached hydrogen (secondary N) is 1. The Labute approximate surface area is 98.7 Å². The van der Waals surface area contributed by atoms with Crippen molar-refractivity contribution in [2.45, 2.75) is 19.4 Å².